The zero-order chi connectivity index (χ0) is 14.9. The van der Waals surface area contributed by atoms with Crippen molar-refractivity contribution >= 4 is 16.5 Å². The molecule has 0 radical (unpaired) electrons. The zero-order valence-electron chi connectivity index (χ0n) is 11.7. The van der Waals surface area contributed by atoms with Gasteiger partial charge in [-0.25, -0.2) is 4.98 Å². The molecular weight excluding hydrogens is 287 g/mol. The van der Waals surface area contributed by atoms with Crippen LogP contribution < -0.4 is 10.6 Å². The Bertz CT molecular complexity index is 454. The molecule has 1 atom stereocenters. The molecule has 1 aromatic rings. The molecule has 2 N–H and O–H groups in total. The van der Waals surface area contributed by atoms with Crippen molar-refractivity contribution in [1.82, 2.24) is 4.98 Å². The van der Waals surface area contributed by atoms with Crippen molar-refractivity contribution in [2.24, 2.45) is 5.73 Å². The van der Waals surface area contributed by atoms with E-state index in [2.05, 4.69) is 4.98 Å². The van der Waals surface area contributed by atoms with Gasteiger partial charge < -0.3 is 10.6 Å². The van der Waals surface area contributed by atoms with Crippen LogP contribution in [0.2, 0.25) is 0 Å². The second-order valence-electron chi connectivity index (χ2n) is 5.29. The molecule has 7 heteroatoms. The topological polar surface area (TPSA) is 42.2 Å². The van der Waals surface area contributed by atoms with Gasteiger partial charge in [0, 0.05) is 17.5 Å². The Labute approximate surface area is 121 Å². The van der Waals surface area contributed by atoms with Crippen LogP contribution >= 0.6 is 11.3 Å². The van der Waals surface area contributed by atoms with E-state index in [-0.39, 0.29) is 12.0 Å². The zero-order valence-corrected chi connectivity index (χ0v) is 12.5. The van der Waals surface area contributed by atoms with Crippen LogP contribution in [0, 0.1) is 0 Å². The second kappa shape index (κ2) is 5.89. The van der Waals surface area contributed by atoms with Gasteiger partial charge in [-0.05, 0) is 25.2 Å². The van der Waals surface area contributed by atoms with Crippen LogP contribution in [-0.4, -0.2) is 23.7 Å². The van der Waals surface area contributed by atoms with E-state index in [9.17, 15) is 13.2 Å². The maximum absolute atomic E-state index is 12.7. The number of hydrogen-bond donors (Lipinski definition) is 1. The smallest absolute Gasteiger partial charge is 0.336 e. The van der Waals surface area contributed by atoms with Crippen LogP contribution in [-0.2, 0) is 6.54 Å². The summed E-state index contributed by atoms with van der Waals surface area (Å²) in [5.74, 6) is 0.227. The Morgan fingerprint density at radius 2 is 2.10 bits per heavy atom. The first-order chi connectivity index (χ1) is 9.35. The summed E-state index contributed by atoms with van der Waals surface area (Å²) in [6, 6.07) is -0.0156. The highest BCUT2D eigenvalue weighted by molar-refractivity contribution is 7.15. The molecule has 0 bridgehead atoms. The second-order valence-corrected chi connectivity index (χ2v) is 6.35. The SMILES string of the molecule is CCC(C)c1nc(N(CC(F)(F)F)C2CC2)sc1CN. The third-order valence-electron chi connectivity index (χ3n) is 3.56. The summed E-state index contributed by atoms with van der Waals surface area (Å²) in [6.07, 6.45) is -1.68. The molecule has 0 aliphatic heterocycles. The quantitative estimate of drug-likeness (QED) is 0.872. The van der Waals surface area contributed by atoms with Gasteiger partial charge >= 0.3 is 6.18 Å². The molecule has 3 nitrogen and oxygen atoms in total. The van der Waals surface area contributed by atoms with Gasteiger partial charge in [-0.15, -0.1) is 11.3 Å². The van der Waals surface area contributed by atoms with Crippen molar-refractivity contribution in [3.8, 4) is 0 Å². The van der Waals surface area contributed by atoms with E-state index < -0.39 is 12.7 Å². The summed E-state index contributed by atoms with van der Waals surface area (Å²) in [6.45, 7) is 3.48. The van der Waals surface area contributed by atoms with Gasteiger partial charge in [-0.3, -0.25) is 0 Å². The molecule has 0 aromatic carbocycles. The average molecular weight is 307 g/mol. The normalized spacial score (nSPS) is 17.3. The summed E-state index contributed by atoms with van der Waals surface area (Å²) in [7, 11) is 0. The molecule has 1 fully saturated rings. The lowest BCUT2D eigenvalue weighted by atomic mass is 10.0. The summed E-state index contributed by atoms with van der Waals surface area (Å²) in [5.41, 5.74) is 6.57. The van der Waals surface area contributed by atoms with Crippen LogP contribution in [0.4, 0.5) is 18.3 Å². The van der Waals surface area contributed by atoms with E-state index >= 15 is 0 Å². The number of hydrogen-bond acceptors (Lipinski definition) is 4. The average Bonchev–Trinajstić information content (AvgIpc) is 3.12. The molecule has 2 rings (SSSR count). The van der Waals surface area contributed by atoms with Crippen LogP contribution in [0.3, 0.4) is 0 Å². The van der Waals surface area contributed by atoms with Crippen molar-refractivity contribution in [2.45, 2.75) is 57.8 Å². The van der Waals surface area contributed by atoms with E-state index in [1.165, 1.54) is 16.2 Å². The summed E-state index contributed by atoms with van der Waals surface area (Å²) in [5, 5.41) is 0.473. The maximum atomic E-state index is 12.7. The highest BCUT2D eigenvalue weighted by Gasteiger charge is 2.39. The minimum absolute atomic E-state index is 0.0156. The molecule has 0 amide bonds. The van der Waals surface area contributed by atoms with Gasteiger partial charge in [0.1, 0.15) is 6.54 Å². The highest BCUT2D eigenvalue weighted by Crippen LogP contribution is 2.39. The summed E-state index contributed by atoms with van der Waals surface area (Å²) >= 11 is 1.31. The maximum Gasteiger partial charge on any atom is 0.406 e. The van der Waals surface area contributed by atoms with Crippen LogP contribution in [0.1, 0.15) is 49.6 Å². The lowest BCUT2D eigenvalue weighted by Gasteiger charge is -2.22. The standard InChI is InChI=1S/C13H20F3N3S/c1-3-8(2)11-10(6-17)20-12(18-11)19(9-4-5-9)7-13(14,15)16/h8-9H,3-7,17H2,1-2H3. The third kappa shape index (κ3) is 3.63. The van der Waals surface area contributed by atoms with Crippen molar-refractivity contribution in [2.75, 3.05) is 11.4 Å². The fraction of sp³-hybridized carbons (Fsp3) is 0.769. The third-order valence-corrected chi connectivity index (χ3v) is 4.69. The van der Waals surface area contributed by atoms with E-state index in [1.807, 2.05) is 13.8 Å². The fourth-order valence-electron chi connectivity index (χ4n) is 2.13. The molecule has 20 heavy (non-hydrogen) atoms. The van der Waals surface area contributed by atoms with E-state index in [0.29, 0.717) is 11.7 Å². The van der Waals surface area contributed by atoms with Gasteiger partial charge in [-0.1, -0.05) is 13.8 Å². The minimum Gasteiger partial charge on any atom is -0.336 e. The number of rotatable bonds is 6. The molecule has 1 unspecified atom stereocenters. The van der Waals surface area contributed by atoms with E-state index in [1.54, 1.807) is 0 Å². The molecule has 1 aliphatic rings. The predicted octanol–water partition coefficient (Wildman–Crippen LogP) is 3.65. The molecule has 1 aliphatic carbocycles. The highest BCUT2D eigenvalue weighted by atomic mass is 32.1. The lowest BCUT2D eigenvalue weighted by molar-refractivity contribution is -0.120. The van der Waals surface area contributed by atoms with Crippen molar-refractivity contribution in [3.05, 3.63) is 10.6 Å². The number of alkyl halides is 3. The molecule has 0 spiro atoms. The van der Waals surface area contributed by atoms with Gasteiger partial charge in [-0.2, -0.15) is 13.2 Å². The number of thiazole rings is 1. The van der Waals surface area contributed by atoms with Crippen molar-refractivity contribution in [1.29, 1.82) is 0 Å². The molecular formula is C13H20F3N3S. The van der Waals surface area contributed by atoms with Gasteiger partial charge in [0.2, 0.25) is 0 Å². The monoisotopic (exact) mass is 307 g/mol. The summed E-state index contributed by atoms with van der Waals surface area (Å²) in [4.78, 5) is 6.77. The summed E-state index contributed by atoms with van der Waals surface area (Å²) < 4.78 is 38.1. The Balaban J connectivity index is 2.27. The van der Waals surface area contributed by atoms with Gasteiger partial charge in [0.15, 0.2) is 5.13 Å². The molecule has 1 aromatic heterocycles. The molecule has 1 saturated carbocycles. The van der Waals surface area contributed by atoms with Crippen LogP contribution in [0.15, 0.2) is 0 Å². The lowest BCUT2D eigenvalue weighted by Crippen LogP contribution is -2.35. The van der Waals surface area contributed by atoms with Gasteiger partial charge in [0.25, 0.3) is 0 Å². The Morgan fingerprint density at radius 3 is 2.55 bits per heavy atom. The Hall–Kier alpha value is -0.820. The first-order valence-electron chi connectivity index (χ1n) is 6.88. The molecule has 1 heterocycles. The number of nitrogens with zero attached hydrogens (tertiary/aromatic N) is 2. The largest absolute Gasteiger partial charge is 0.406 e. The first-order valence-corrected chi connectivity index (χ1v) is 7.70. The van der Waals surface area contributed by atoms with Gasteiger partial charge in [0.05, 0.1) is 5.69 Å². The fourth-order valence-corrected chi connectivity index (χ4v) is 3.26. The predicted molar refractivity (Wildman–Crippen MR) is 75.1 cm³/mol. The Morgan fingerprint density at radius 1 is 1.45 bits per heavy atom. The number of nitrogens with two attached hydrogens (primary N) is 1. The Kier molecular flexibility index (Phi) is 4.59. The van der Waals surface area contributed by atoms with E-state index in [0.717, 1.165) is 29.8 Å². The van der Waals surface area contributed by atoms with E-state index in [4.69, 9.17) is 5.73 Å². The first kappa shape index (κ1) is 15.6. The van der Waals surface area contributed by atoms with Crippen molar-refractivity contribution < 1.29 is 13.2 Å². The number of aromatic nitrogens is 1. The molecule has 0 saturated heterocycles. The van der Waals surface area contributed by atoms with Crippen LogP contribution in [0.25, 0.3) is 0 Å². The van der Waals surface area contributed by atoms with Crippen molar-refractivity contribution in [3.63, 3.8) is 0 Å². The molecule has 114 valence electrons. The van der Waals surface area contributed by atoms with Crippen LogP contribution in [0.5, 0.6) is 0 Å². The number of halogens is 3. The minimum atomic E-state index is -4.20. The number of anilines is 1.